The summed E-state index contributed by atoms with van der Waals surface area (Å²) in [5.41, 5.74) is 1.71. The minimum absolute atomic E-state index is 0.0349. The first-order chi connectivity index (χ1) is 14.6. The summed E-state index contributed by atoms with van der Waals surface area (Å²) in [6.45, 7) is 4.66. The number of esters is 1. The molecule has 2 aliphatic rings. The average molecular weight is 412 g/mol. The van der Waals surface area contributed by atoms with Crippen LogP contribution in [-0.2, 0) is 19.1 Å². The van der Waals surface area contributed by atoms with E-state index >= 15 is 0 Å². The van der Waals surface area contributed by atoms with E-state index in [4.69, 9.17) is 18.9 Å². The molecule has 1 fully saturated rings. The zero-order valence-electron chi connectivity index (χ0n) is 16.7. The summed E-state index contributed by atoms with van der Waals surface area (Å²) in [4.78, 5) is 27.0. The summed E-state index contributed by atoms with van der Waals surface area (Å²) >= 11 is 0. The van der Waals surface area contributed by atoms with Crippen molar-refractivity contribution in [2.24, 2.45) is 0 Å². The van der Waals surface area contributed by atoms with Gasteiger partial charge in [0.15, 0.2) is 17.6 Å². The normalized spacial score (nSPS) is 19.0. The van der Waals surface area contributed by atoms with Crippen molar-refractivity contribution in [3.05, 3.63) is 48.5 Å². The number of nitrogens with one attached hydrogen (secondary N) is 1. The van der Waals surface area contributed by atoms with Crippen LogP contribution in [0.2, 0.25) is 0 Å². The molecule has 0 radical (unpaired) electrons. The first-order valence-corrected chi connectivity index (χ1v) is 9.93. The number of carbonyl (C=O) groups excluding carboxylic acids is 2. The number of benzene rings is 2. The molecule has 1 saturated heterocycles. The van der Waals surface area contributed by atoms with Crippen LogP contribution in [0.1, 0.15) is 6.92 Å². The molecule has 1 N–H and O–H groups in total. The number of hydrogen-bond acceptors (Lipinski definition) is 7. The van der Waals surface area contributed by atoms with Crippen molar-refractivity contribution >= 4 is 23.3 Å². The number of nitrogens with zero attached hydrogens (tertiary/aromatic N) is 1. The van der Waals surface area contributed by atoms with Gasteiger partial charge in [0, 0.05) is 24.5 Å². The second-order valence-electron chi connectivity index (χ2n) is 7.08. The summed E-state index contributed by atoms with van der Waals surface area (Å²) in [5.74, 6) is -0.00884. The first-order valence-electron chi connectivity index (χ1n) is 9.93. The summed E-state index contributed by atoms with van der Waals surface area (Å²) in [5, 5.41) is 2.76. The Morgan fingerprint density at radius 1 is 1.07 bits per heavy atom. The minimum atomic E-state index is -0.975. The van der Waals surface area contributed by atoms with E-state index in [1.165, 1.54) is 6.92 Å². The highest BCUT2D eigenvalue weighted by Gasteiger charge is 2.31. The monoisotopic (exact) mass is 412 g/mol. The van der Waals surface area contributed by atoms with Gasteiger partial charge >= 0.3 is 5.97 Å². The predicted molar refractivity (Wildman–Crippen MR) is 110 cm³/mol. The van der Waals surface area contributed by atoms with Gasteiger partial charge in [-0.05, 0) is 43.3 Å². The van der Waals surface area contributed by atoms with Crippen LogP contribution in [0.25, 0.3) is 0 Å². The smallest absolute Gasteiger partial charge is 0.351 e. The van der Waals surface area contributed by atoms with Gasteiger partial charge in [0.05, 0.1) is 13.2 Å². The molecular weight excluding hydrogens is 388 g/mol. The van der Waals surface area contributed by atoms with Gasteiger partial charge in [0.2, 0.25) is 6.10 Å². The van der Waals surface area contributed by atoms with Crippen LogP contribution in [0.3, 0.4) is 0 Å². The largest absolute Gasteiger partial charge is 0.485 e. The molecule has 0 bridgehead atoms. The van der Waals surface area contributed by atoms with Crippen LogP contribution in [0.5, 0.6) is 11.5 Å². The van der Waals surface area contributed by atoms with E-state index in [1.807, 2.05) is 30.3 Å². The van der Waals surface area contributed by atoms with E-state index in [1.54, 1.807) is 18.2 Å². The fourth-order valence-electron chi connectivity index (χ4n) is 3.26. The Morgan fingerprint density at radius 3 is 2.50 bits per heavy atom. The third-order valence-corrected chi connectivity index (χ3v) is 4.94. The van der Waals surface area contributed by atoms with Gasteiger partial charge in [0.25, 0.3) is 5.91 Å². The Kier molecular flexibility index (Phi) is 6.04. The highest BCUT2D eigenvalue weighted by molar-refractivity contribution is 5.95. The molecule has 8 nitrogen and oxygen atoms in total. The van der Waals surface area contributed by atoms with Crippen LogP contribution in [0.15, 0.2) is 48.5 Å². The van der Waals surface area contributed by atoms with E-state index in [-0.39, 0.29) is 6.61 Å². The highest BCUT2D eigenvalue weighted by atomic mass is 16.6. The number of anilines is 2. The van der Waals surface area contributed by atoms with Crippen LogP contribution in [-0.4, -0.2) is 57.0 Å². The highest BCUT2D eigenvalue weighted by Crippen LogP contribution is 2.31. The molecule has 2 heterocycles. The molecule has 30 heavy (non-hydrogen) atoms. The maximum absolute atomic E-state index is 12.4. The quantitative estimate of drug-likeness (QED) is 0.754. The van der Waals surface area contributed by atoms with Gasteiger partial charge in [0.1, 0.15) is 6.61 Å². The van der Waals surface area contributed by atoms with Crippen molar-refractivity contribution in [3.8, 4) is 11.5 Å². The van der Waals surface area contributed by atoms with Crippen molar-refractivity contribution in [1.29, 1.82) is 0 Å². The third kappa shape index (κ3) is 4.65. The maximum atomic E-state index is 12.4. The Morgan fingerprint density at radius 2 is 1.77 bits per heavy atom. The van der Waals surface area contributed by atoms with E-state index in [0.29, 0.717) is 30.4 Å². The van der Waals surface area contributed by atoms with E-state index in [2.05, 4.69) is 10.2 Å². The summed E-state index contributed by atoms with van der Waals surface area (Å²) in [7, 11) is 0. The average Bonchev–Trinajstić information content (AvgIpc) is 2.79. The van der Waals surface area contributed by atoms with Crippen LogP contribution in [0, 0.1) is 0 Å². The Balaban J connectivity index is 1.29. The van der Waals surface area contributed by atoms with E-state index < -0.39 is 24.1 Å². The third-order valence-electron chi connectivity index (χ3n) is 4.94. The standard InChI is InChI=1S/C22H24N2O6/c1-15(29-22(26)20-14-28-18-4-2-3-5-19(18)30-20)21(25)23-16-6-8-17(9-7-16)24-10-12-27-13-11-24/h2-9,15,20H,10-14H2,1H3,(H,23,25)/t15-,20-/m1/s1. The number of para-hydroxylation sites is 2. The second-order valence-corrected chi connectivity index (χ2v) is 7.08. The molecule has 2 aromatic carbocycles. The Bertz CT molecular complexity index is 895. The number of hydrogen-bond donors (Lipinski definition) is 1. The molecule has 4 rings (SSSR count). The molecule has 2 aromatic rings. The van der Waals surface area contributed by atoms with Gasteiger partial charge in [-0.3, -0.25) is 4.79 Å². The number of rotatable bonds is 5. The van der Waals surface area contributed by atoms with Crippen molar-refractivity contribution in [1.82, 2.24) is 0 Å². The fourth-order valence-corrected chi connectivity index (χ4v) is 3.26. The summed E-state index contributed by atoms with van der Waals surface area (Å²) in [6, 6.07) is 14.6. The minimum Gasteiger partial charge on any atom is -0.485 e. The van der Waals surface area contributed by atoms with Crippen LogP contribution >= 0.6 is 0 Å². The molecule has 2 aliphatic heterocycles. The first kappa shape index (κ1) is 20.0. The second kappa shape index (κ2) is 9.04. The molecule has 0 aliphatic carbocycles. The van der Waals surface area contributed by atoms with Crippen LogP contribution in [0.4, 0.5) is 11.4 Å². The molecule has 2 atom stereocenters. The number of fused-ring (bicyclic) bond motifs is 1. The Labute approximate surface area is 174 Å². The number of carbonyl (C=O) groups is 2. The lowest BCUT2D eigenvalue weighted by atomic mass is 10.2. The SMILES string of the molecule is C[C@@H](OC(=O)[C@H]1COc2ccccc2O1)C(=O)Nc1ccc(N2CCOCC2)cc1. The van der Waals surface area contributed by atoms with Gasteiger partial charge in [-0.15, -0.1) is 0 Å². The van der Waals surface area contributed by atoms with E-state index in [9.17, 15) is 9.59 Å². The zero-order chi connectivity index (χ0) is 20.9. The maximum Gasteiger partial charge on any atom is 0.351 e. The summed E-state index contributed by atoms with van der Waals surface area (Å²) in [6.07, 6.45) is -1.89. The van der Waals surface area contributed by atoms with Crippen molar-refractivity contribution in [2.45, 2.75) is 19.1 Å². The van der Waals surface area contributed by atoms with Crippen molar-refractivity contribution < 1.29 is 28.5 Å². The number of ether oxygens (including phenoxy) is 4. The molecule has 158 valence electrons. The molecule has 0 spiro atoms. The van der Waals surface area contributed by atoms with Gasteiger partial charge in [-0.25, -0.2) is 4.79 Å². The number of amides is 1. The van der Waals surface area contributed by atoms with E-state index in [0.717, 1.165) is 18.8 Å². The predicted octanol–water partition coefficient (Wildman–Crippen LogP) is 2.23. The van der Waals surface area contributed by atoms with Gasteiger partial charge in [-0.1, -0.05) is 12.1 Å². The topological polar surface area (TPSA) is 86.3 Å². The lowest BCUT2D eigenvalue weighted by Crippen LogP contribution is -2.41. The van der Waals surface area contributed by atoms with Gasteiger partial charge < -0.3 is 29.2 Å². The van der Waals surface area contributed by atoms with Crippen molar-refractivity contribution in [2.75, 3.05) is 43.1 Å². The molecule has 1 amide bonds. The van der Waals surface area contributed by atoms with Crippen LogP contribution < -0.4 is 19.7 Å². The Hall–Kier alpha value is -3.26. The fraction of sp³-hybridized carbons (Fsp3) is 0.364. The van der Waals surface area contributed by atoms with Gasteiger partial charge in [-0.2, -0.15) is 0 Å². The number of morpholine rings is 1. The molecule has 0 saturated carbocycles. The molecule has 0 unspecified atom stereocenters. The molecule has 0 aromatic heterocycles. The molecular formula is C22H24N2O6. The summed E-state index contributed by atoms with van der Waals surface area (Å²) < 4.78 is 21.8. The lowest BCUT2D eigenvalue weighted by Gasteiger charge is -2.29. The van der Waals surface area contributed by atoms with Crippen molar-refractivity contribution in [3.63, 3.8) is 0 Å². The lowest BCUT2D eigenvalue weighted by molar-refractivity contribution is -0.162. The zero-order valence-corrected chi connectivity index (χ0v) is 16.7. The molecule has 8 heteroatoms.